The van der Waals surface area contributed by atoms with E-state index in [9.17, 15) is 13.2 Å². The van der Waals surface area contributed by atoms with Gasteiger partial charge in [0.15, 0.2) is 0 Å². The molecule has 2 aromatic rings. The number of methoxy groups -OCH3 is 1. The SMILES string of the molecule is COc1ccc(NC(=O)CCc2ccc(S(=O)(=O)N3CCOCC3)cc2)cc1. The van der Waals surface area contributed by atoms with Crippen LogP contribution < -0.4 is 10.1 Å². The van der Waals surface area contributed by atoms with Crippen LogP contribution in [0, 0.1) is 0 Å². The molecule has 7 nitrogen and oxygen atoms in total. The zero-order valence-electron chi connectivity index (χ0n) is 15.8. The van der Waals surface area contributed by atoms with E-state index in [2.05, 4.69) is 5.32 Å². The molecule has 1 aliphatic rings. The average Bonchev–Trinajstić information content (AvgIpc) is 2.74. The quantitative estimate of drug-likeness (QED) is 0.765. The minimum atomic E-state index is -3.49. The van der Waals surface area contributed by atoms with Gasteiger partial charge in [-0.25, -0.2) is 8.42 Å². The summed E-state index contributed by atoms with van der Waals surface area (Å²) in [6.07, 6.45) is 0.835. The Morgan fingerprint density at radius 1 is 1.07 bits per heavy atom. The number of hydrogen-bond acceptors (Lipinski definition) is 5. The van der Waals surface area contributed by atoms with E-state index in [0.29, 0.717) is 44.8 Å². The van der Waals surface area contributed by atoms with Crippen molar-refractivity contribution < 1.29 is 22.7 Å². The monoisotopic (exact) mass is 404 g/mol. The number of aryl methyl sites for hydroxylation is 1. The zero-order valence-corrected chi connectivity index (χ0v) is 16.6. The lowest BCUT2D eigenvalue weighted by molar-refractivity contribution is -0.116. The lowest BCUT2D eigenvalue weighted by Crippen LogP contribution is -2.40. The Morgan fingerprint density at radius 2 is 1.71 bits per heavy atom. The van der Waals surface area contributed by atoms with Crippen LogP contribution in [-0.4, -0.2) is 52.0 Å². The summed E-state index contributed by atoms with van der Waals surface area (Å²) in [5.41, 5.74) is 1.61. The second-order valence-corrected chi connectivity index (χ2v) is 8.38. The number of amides is 1. The molecule has 0 bridgehead atoms. The summed E-state index contributed by atoms with van der Waals surface area (Å²) in [4.78, 5) is 12.4. The molecule has 1 N–H and O–H groups in total. The van der Waals surface area contributed by atoms with Gasteiger partial charge in [-0.3, -0.25) is 4.79 Å². The zero-order chi connectivity index (χ0) is 20.0. The number of sulfonamides is 1. The van der Waals surface area contributed by atoms with Crippen LogP contribution in [0.5, 0.6) is 5.75 Å². The van der Waals surface area contributed by atoms with E-state index in [0.717, 1.165) is 11.3 Å². The Bertz CT molecular complexity index is 889. The van der Waals surface area contributed by atoms with Crippen LogP contribution in [0.2, 0.25) is 0 Å². The van der Waals surface area contributed by atoms with E-state index < -0.39 is 10.0 Å². The third-order valence-corrected chi connectivity index (χ3v) is 6.46. The summed E-state index contributed by atoms with van der Waals surface area (Å²) >= 11 is 0. The van der Waals surface area contributed by atoms with Gasteiger partial charge in [0.05, 0.1) is 25.2 Å². The maximum Gasteiger partial charge on any atom is 0.243 e. The number of anilines is 1. The maximum atomic E-state index is 12.6. The predicted octanol–water partition coefficient (Wildman–Crippen LogP) is 2.29. The first-order valence-electron chi connectivity index (χ1n) is 9.10. The number of rotatable bonds is 7. The number of nitrogens with one attached hydrogen (secondary N) is 1. The molecule has 2 aromatic carbocycles. The van der Waals surface area contributed by atoms with Crippen LogP contribution in [0.3, 0.4) is 0 Å². The number of ether oxygens (including phenoxy) is 2. The summed E-state index contributed by atoms with van der Waals surface area (Å²) in [5.74, 6) is 0.625. The third-order valence-electron chi connectivity index (χ3n) is 4.55. The summed E-state index contributed by atoms with van der Waals surface area (Å²) < 4.78 is 37.0. The number of carbonyl (C=O) groups excluding carboxylic acids is 1. The molecule has 1 fully saturated rings. The van der Waals surface area contributed by atoms with Crippen molar-refractivity contribution in [3.63, 3.8) is 0 Å². The van der Waals surface area contributed by atoms with Crippen molar-refractivity contribution in [2.75, 3.05) is 38.7 Å². The molecule has 8 heteroatoms. The fourth-order valence-electron chi connectivity index (χ4n) is 2.92. The van der Waals surface area contributed by atoms with Gasteiger partial charge < -0.3 is 14.8 Å². The lowest BCUT2D eigenvalue weighted by atomic mass is 10.1. The van der Waals surface area contributed by atoms with Gasteiger partial charge in [-0.05, 0) is 48.4 Å². The van der Waals surface area contributed by atoms with Crippen LogP contribution in [0.4, 0.5) is 5.69 Å². The van der Waals surface area contributed by atoms with E-state index in [4.69, 9.17) is 9.47 Å². The number of benzene rings is 2. The number of hydrogen-bond donors (Lipinski definition) is 1. The fraction of sp³-hybridized carbons (Fsp3) is 0.350. The molecule has 0 aliphatic carbocycles. The van der Waals surface area contributed by atoms with Gasteiger partial charge in [0.2, 0.25) is 15.9 Å². The fourth-order valence-corrected chi connectivity index (χ4v) is 4.33. The van der Waals surface area contributed by atoms with Crippen LogP contribution in [-0.2, 0) is 26.0 Å². The molecule has 0 saturated carbocycles. The van der Waals surface area contributed by atoms with E-state index >= 15 is 0 Å². The van der Waals surface area contributed by atoms with Crippen molar-refractivity contribution >= 4 is 21.6 Å². The highest BCUT2D eigenvalue weighted by Gasteiger charge is 2.26. The molecule has 0 unspecified atom stereocenters. The lowest BCUT2D eigenvalue weighted by Gasteiger charge is -2.26. The molecule has 1 amide bonds. The van der Waals surface area contributed by atoms with E-state index in [1.165, 1.54) is 4.31 Å². The number of carbonyl (C=O) groups is 1. The Labute approximate surface area is 165 Å². The summed E-state index contributed by atoms with van der Waals surface area (Å²) in [7, 11) is -1.90. The number of morpholine rings is 1. The summed E-state index contributed by atoms with van der Waals surface area (Å²) in [5, 5.41) is 2.83. The molecular formula is C20H24N2O5S. The molecule has 3 rings (SSSR count). The summed E-state index contributed by atoms with van der Waals surface area (Å²) in [6, 6.07) is 13.8. The Kier molecular flexibility index (Phi) is 6.66. The topological polar surface area (TPSA) is 84.9 Å². The second-order valence-electron chi connectivity index (χ2n) is 6.44. The van der Waals surface area contributed by atoms with Crippen LogP contribution in [0.25, 0.3) is 0 Å². The second kappa shape index (κ2) is 9.18. The van der Waals surface area contributed by atoms with Gasteiger partial charge in [0.25, 0.3) is 0 Å². The molecule has 0 aromatic heterocycles. The Hall–Kier alpha value is -2.42. The van der Waals surface area contributed by atoms with Crippen LogP contribution in [0.1, 0.15) is 12.0 Å². The van der Waals surface area contributed by atoms with Crippen LogP contribution in [0.15, 0.2) is 53.4 Å². The van der Waals surface area contributed by atoms with Crippen LogP contribution >= 0.6 is 0 Å². The van der Waals surface area contributed by atoms with Gasteiger partial charge in [-0.1, -0.05) is 12.1 Å². The van der Waals surface area contributed by atoms with Crippen molar-refractivity contribution in [2.45, 2.75) is 17.7 Å². The van der Waals surface area contributed by atoms with Gasteiger partial charge in [-0.2, -0.15) is 4.31 Å². The van der Waals surface area contributed by atoms with Crippen molar-refractivity contribution in [3.05, 3.63) is 54.1 Å². The van der Waals surface area contributed by atoms with E-state index in [1.54, 1.807) is 55.6 Å². The average molecular weight is 404 g/mol. The standard InChI is InChI=1S/C20H24N2O5S/c1-26-18-7-5-17(6-8-18)21-20(23)11-4-16-2-9-19(10-3-16)28(24,25)22-12-14-27-15-13-22/h2-3,5-10H,4,11-15H2,1H3,(H,21,23). The van der Waals surface area contributed by atoms with Gasteiger partial charge in [0, 0.05) is 25.2 Å². The summed E-state index contributed by atoms with van der Waals surface area (Å²) in [6.45, 7) is 1.58. The maximum absolute atomic E-state index is 12.6. The Morgan fingerprint density at radius 3 is 2.32 bits per heavy atom. The van der Waals surface area contributed by atoms with Gasteiger partial charge >= 0.3 is 0 Å². The van der Waals surface area contributed by atoms with Crippen molar-refractivity contribution in [1.29, 1.82) is 0 Å². The van der Waals surface area contributed by atoms with Gasteiger partial charge in [0.1, 0.15) is 5.75 Å². The largest absolute Gasteiger partial charge is 0.497 e. The molecule has 0 atom stereocenters. The normalized spacial score (nSPS) is 15.2. The highest BCUT2D eigenvalue weighted by Crippen LogP contribution is 2.19. The van der Waals surface area contributed by atoms with Gasteiger partial charge in [-0.15, -0.1) is 0 Å². The molecule has 28 heavy (non-hydrogen) atoms. The molecule has 150 valence electrons. The van der Waals surface area contributed by atoms with E-state index in [1.807, 2.05) is 0 Å². The first-order chi connectivity index (χ1) is 13.5. The number of nitrogens with zero attached hydrogens (tertiary/aromatic N) is 1. The van der Waals surface area contributed by atoms with E-state index in [-0.39, 0.29) is 10.8 Å². The minimum absolute atomic E-state index is 0.102. The third kappa shape index (κ3) is 5.09. The molecule has 1 heterocycles. The van der Waals surface area contributed by atoms with Crippen molar-refractivity contribution in [1.82, 2.24) is 4.31 Å². The first kappa shape index (κ1) is 20.3. The molecule has 0 radical (unpaired) electrons. The molecule has 1 aliphatic heterocycles. The first-order valence-corrected chi connectivity index (χ1v) is 10.5. The molecular weight excluding hydrogens is 380 g/mol. The smallest absolute Gasteiger partial charge is 0.243 e. The minimum Gasteiger partial charge on any atom is -0.497 e. The predicted molar refractivity (Wildman–Crippen MR) is 106 cm³/mol. The van der Waals surface area contributed by atoms with Crippen molar-refractivity contribution in [3.8, 4) is 5.75 Å². The molecule has 0 spiro atoms. The highest BCUT2D eigenvalue weighted by atomic mass is 32.2. The Balaban J connectivity index is 1.54. The highest BCUT2D eigenvalue weighted by molar-refractivity contribution is 7.89. The molecule has 1 saturated heterocycles. The van der Waals surface area contributed by atoms with Crippen molar-refractivity contribution in [2.24, 2.45) is 0 Å².